The number of anilines is 1. The molecule has 0 bridgehead atoms. The highest BCUT2D eigenvalue weighted by atomic mass is 35.5. The van der Waals surface area contributed by atoms with E-state index in [1.165, 1.54) is 12.1 Å². The predicted molar refractivity (Wildman–Crippen MR) is 152 cm³/mol. The van der Waals surface area contributed by atoms with Crippen LogP contribution in [0.4, 0.5) is 5.69 Å². The van der Waals surface area contributed by atoms with E-state index in [4.69, 9.17) is 23.2 Å². The third-order valence-electron chi connectivity index (χ3n) is 5.87. The van der Waals surface area contributed by atoms with Crippen molar-refractivity contribution in [1.29, 1.82) is 0 Å². The molecule has 1 N–H and O–H groups in total. The lowest BCUT2D eigenvalue weighted by Gasteiger charge is -2.31. The Kier molecular flexibility index (Phi) is 11.7. The highest BCUT2D eigenvalue weighted by molar-refractivity contribution is 7.92. The van der Waals surface area contributed by atoms with Crippen LogP contribution < -0.4 is 9.62 Å². The number of halogens is 2. The van der Waals surface area contributed by atoms with Gasteiger partial charge in [0.1, 0.15) is 6.04 Å². The van der Waals surface area contributed by atoms with E-state index in [2.05, 4.69) is 5.32 Å². The molecule has 0 aliphatic carbocycles. The number of nitrogens with one attached hydrogen (secondary N) is 1. The standard InChI is InChI=1S/C27H37Cl2N3O4S/c1-6-24(27(34)30-17-19(2)3)31(18-21-11-9-20(4)10-12-21)26(33)8-7-15-32(37(5,35)36)25-16-22(28)13-14-23(25)29/h9-14,16,19,24H,6-8,15,17-18H2,1-5H3,(H,30,34)/t24-/m0/s1. The molecule has 2 amide bonds. The second-order valence-electron chi connectivity index (χ2n) is 9.60. The number of aryl methyl sites for hydroxylation is 1. The third-order valence-corrected chi connectivity index (χ3v) is 7.61. The van der Waals surface area contributed by atoms with Crippen molar-refractivity contribution in [3.63, 3.8) is 0 Å². The number of benzene rings is 2. The average Bonchev–Trinajstić information content (AvgIpc) is 2.82. The van der Waals surface area contributed by atoms with Gasteiger partial charge in [0.15, 0.2) is 0 Å². The van der Waals surface area contributed by atoms with Crippen LogP contribution in [-0.4, -0.2) is 50.5 Å². The zero-order valence-electron chi connectivity index (χ0n) is 22.1. The van der Waals surface area contributed by atoms with E-state index < -0.39 is 16.1 Å². The number of nitrogens with zero attached hydrogens (tertiary/aromatic N) is 2. The highest BCUT2D eigenvalue weighted by Crippen LogP contribution is 2.31. The quantitative estimate of drug-likeness (QED) is 0.348. The number of hydrogen-bond acceptors (Lipinski definition) is 4. The normalized spacial score (nSPS) is 12.3. The zero-order chi connectivity index (χ0) is 27.8. The molecular weight excluding hydrogens is 533 g/mol. The summed E-state index contributed by atoms with van der Waals surface area (Å²) < 4.78 is 26.2. The summed E-state index contributed by atoms with van der Waals surface area (Å²) in [4.78, 5) is 28.1. The number of sulfonamides is 1. The minimum atomic E-state index is -3.68. The van der Waals surface area contributed by atoms with Crippen molar-refractivity contribution in [1.82, 2.24) is 10.2 Å². The molecule has 0 heterocycles. The molecule has 0 aromatic heterocycles. The lowest BCUT2D eigenvalue weighted by atomic mass is 10.1. The van der Waals surface area contributed by atoms with Gasteiger partial charge in [-0.25, -0.2) is 8.42 Å². The highest BCUT2D eigenvalue weighted by Gasteiger charge is 2.29. The van der Waals surface area contributed by atoms with Gasteiger partial charge in [0.05, 0.1) is 17.0 Å². The summed E-state index contributed by atoms with van der Waals surface area (Å²) in [5, 5.41) is 3.54. The van der Waals surface area contributed by atoms with Gasteiger partial charge in [-0.2, -0.15) is 0 Å². The molecular formula is C27H37Cl2N3O4S. The Bertz CT molecular complexity index is 1170. The van der Waals surface area contributed by atoms with Crippen molar-refractivity contribution >= 4 is 50.7 Å². The first-order chi connectivity index (χ1) is 17.3. The number of hydrogen-bond donors (Lipinski definition) is 1. The van der Waals surface area contributed by atoms with Gasteiger partial charge in [-0.1, -0.05) is 73.8 Å². The lowest BCUT2D eigenvalue weighted by Crippen LogP contribution is -2.49. The van der Waals surface area contributed by atoms with Crippen molar-refractivity contribution < 1.29 is 18.0 Å². The van der Waals surface area contributed by atoms with Gasteiger partial charge in [0, 0.05) is 31.1 Å². The van der Waals surface area contributed by atoms with Crippen LogP contribution in [0.1, 0.15) is 51.2 Å². The Morgan fingerprint density at radius 2 is 1.70 bits per heavy atom. The van der Waals surface area contributed by atoms with E-state index in [1.54, 1.807) is 11.0 Å². The Balaban J connectivity index is 2.23. The summed E-state index contributed by atoms with van der Waals surface area (Å²) in [5.74, 6) is -0.138. The molecule has 2 rings (SSSR count). The molecule has 0 radical (unpaired) electrons. The molecule has 10 heteroatoms. The monoisotopic (exact) mass is 569 g/mol. The topological polar surface area (TPSA) is 86.8 Å². The maximum Gasteiger partial charge on any atom is 0.242 e. The van der Waals surface area contributed by atoms with Gasteiger partial charge < -0.3 is 10.2 Å². The molecule has 2 aromatic carbocycles. The summed E-state index contributed by atoms with van der Waals surface area (Å²) in [6, 6.07) is 11.8. The van der Waals surface area contributed by atoms with Gasteiger partial charge in [0.2, 0.25) is 21.8 Å². The van der Waals surface area contributed by atoms with Gasteiger partial charge in [-0.05, 0) is 49.4 Å². The first-order valence-electron chi connectivity index (χ1n) is 12.4. The molecule has 37 heavy (non-hydrogen) atoms. The van der Waals surface area contributed by atoms with Crippen LogP contribution in [0.15, 0.2) is 42.5 Å². The van der Waals surface area contributed by atoms with Crippen LogP contribution in [0.25, 0.3) is 0 Å². The SMILES string of the molecule is CC[C@@H](C(=O)NCC(C)C)N(Cc1ccc(C)cc1)C(=O)CCCN(c1cc(Cl)ccc1Cl)S(C)(=O)=O. The molecule has 2 aromatic rings. The second kappa shape index (κ2) is 14.0. The summed E-state index contributed by atoms with van der Waals surface area (Å²) in [6.07, 6.45) is 1.84. The zero-order valence-corrected chi connectivity index (χ0v) is 24.5. The molecule has 1 atom stereocenters. The van der Waals surface area contributed by atoms with E-state index in [1.807, 2.05) is 52.0 Å². The Morgan fingerprint density at radius 3 is 2.27 bits per heavy atom. The van der Waals surface area contributed by atoms with E-state index in [-0.39, 0.29) is 54.4 Å². The fraction of sp³-hybridized carbons (Fsp3) is 0.481. The third kappa shape index (κ3) is 9.51. The van der Waals surface area contributed by atoms with E-state index in [0.717, 1.165) is 21.7 Å². The Labute approximate surface area is 231 Å². The Morgan fingerprint density at radius 1 is 1.05 bits per heavy atom. The number of carbonyl (C=O) groups excluding carboxylic acids is 2. The molecule has 204 valence electrons. The van der Waals surface area contributed by atoms with Crippen molar-refractivity contribution in [2.75, 3.05) is 23.7 Å². The number of rotatable bonds is 13. The average molecular weight is 571 g/mol. The van der Waals surface area contributed by atoms with Crippen molar-refractivity contribution in [2.24, 2.45) is 5.92 Å². The minimum Gasteiger partial charge on any atom is -0.354 e. The maximum absolute atomic E-state index is 13.5. The van der Waals surface area contributed by atoms with Crippen molar-refractivity contribution in [2.45, 2.75) is 59.5 Å². The van der Waals surface area contributed by atoms with Crippen molar-refractivity contribution in [3.05, 3.63) is 63.6 Å². The molecule has 0 aliphatic heterocycles. The predicted octanol–water partition coefficient (Wildman–Crippen LogP) is 5.43. The molecule has 0 aliphatic rings. The van der Waals surface area contributed by atoms with E-state index >= 15 is 0 Å². The first-order valence-corrected chi connectivity index (χ1v) is 15.0. The molecule has 0 unspecified atom stereocenters. The summed E-state index contributed by atoms with van der Waals surface area (Å²) in [7, 11) is -3.68. The molecule has 0 spiro atoms. The largest absolute Gasteiger partial charge is 0.354 e. The van der Waals surface area contributed by atoms with Crippen LogP contribution >= 0.6 is 23.2 Å². The molecule has 0 fully saturated rings. The summed E-state index contributed by atoms with van der Waals surface area (Å²) >= 11 is 12.3. The van der Waals surface area contributed by atoms with Gasteiger partial charge >= 0.3 is 0 Å². The van der Waals surface area contributed by atoms with Crippen molar-refractivity contribution in [3.8, 4) is 0 Å². The van der Waals surface area contributed by atoms with E-state index in [9.17, 15) is 18.0 Å². The lowest BCUT2D eigenvalue weighted by molar-refractivity contribution is -0.141. The Hall–Kier alpha value is -2.29. The molecule has 0 saturated heterocycles. The van der Waals surface area contributed by atoms with Gasteiger partial charge in [-0.15, -0.1) is 0 Å². The number of carbonyl (C=O) groups is 2. The van der Waals surface area contributed by atoms with Crippen LogP contribution in [0.3, 0.4) is 0 Å². The van der Waals surface area contributed by atoms with Gasteiger partial charge in [0.25, 0.3) is 0 Å². The fourth-order valence-corrected chi connectivity index (χ4v) is 5.30. The summed E-state index contributed by atoms with van der Waals surface area (Å²) in [5.41, 5.74) is 2.28. The van der Waals surface area contributed by atoms with Crippen LogP contribution in [-0.2, 0) is 26.2 Å². The van der Waals surface area contributed by atoms with E-state index in [0.29, 0.717) is 18.0 Å². The van der Waals surface area contributed by atoms with Crippen LogP contribution in [0.5, 0.6) is 0 Å². The summed E-state index contributed by atoms with van der Waals surface area (Å²) in [6.45, 7) is 8.72. The maximum atomic E-state index is 13.5. The molecule has 7 nitrogen and oxygen atoms in total. The smallest absolute Gasteiger partial charge is 0.242 e. The van der Waals surface area contributed by atoms with Crippen LogP contribution in [0.2, 0.25) is 10.0 Å². The number of amides is 2. The molecule has 0 saturated carbocycles. The van der Waals surface area contributed by atoms with Gasteiger partial charge in [-0.3, -0.25) is 13.9 Å². The van der Waals surface area contributed by atoms with Crippen LogP contribution in [0, 0.1) is 12.8 Å². The second-order valence-corrected chi connectivity index (χ2v) is 12.4. The first kappa shape index (κ1) is 30.9. The fourth-order valence-electron chi connectivity index (χ4n) is 3.89. The minimum absolute atomic E-state index is 0.0410.